The summed E-state index contributed by atoms with van der Waals surface area (Å²) in [4.78, 5) is 17.0. The molecular weight excluding hydrogens is 416 g/mol. The first kappa shape index (κ1) is 22.6. The average Bonchev–Trinajstić information content (AvgIpc) is 2.86. The van der Waals surface area contributed by atoms with Gasteiger partial charge in [-0.25, -0.2) is 0 Å². The van der Waals surface area contributed by atoms with Crippen LogP contribution in [0.3, 0.4) is 0 Å². The van der Waals surface area contributed by atoms with Gasteiger partial charge in [0.2, 0.25) is 0 Å². The Morgan fingerprint density at radius 2 is 1.64 bits per heavy atom. The summed E-state index contributed by atoms with van der Waals surface area (Å²) >= 11 is 0. The van der Waals surface area contributed by atoms with E-state index in [9.17, 15) is 4.79 Å². The number of anilines is 1. The van der Waals surface area contributed by atoms with Crippen LogP contribution in [0, 0.1) is 13.8 Å². The van der Waals surface area contributed by atoms with Crippen LogP contribution in [0.5, 0.6) is 11.5 Å². The lowest BCUT2D eigenvalue weighted by molar-refractivity contribution is -0.138. The van der Waals surface area contributed by atoms with Crippen LogP contribution in [0.4, 0.5) is 5.82 Å². The van der Waals surface area contributed by atoms with Gasteiger partial charge in [0.25, 0.3) is 5.91 Å². The number of ether oxygens (including phenoxy) is 2. The van der Waals surface area contributed by atoms with Gasteiger partial charge in [-0.15, -0.1) is 10.2 Å². The zero-order valence-electron chi connectivity index (χ0n) is 19.6. The molecule has 1 fully saturated rings. The molecule has 33 heavy (non-hydrogen) atoms. The number of rotatable bonds is 6. The molecule has 2 aromatic carbocycles. The molecule has 3 aromatic rings. The van der Waals surface area contributed by atoms with Gasteiger partial charge in [0.05, 0.1) is 12.8 Å². The topological polar surface area (TPSA) is 67.8 Å². The molecule has 7 nitrogen and oxygen atoms in total. The van der Waals surface area contributed by atoms with Crippen molar-refractivity contribution in [2.75, 3.05) is 38.2 Å². The molecule has 1 aliphatic rings. The Morgan fingerprint density at radius 1 is 0.909 bits per heavy atom. The third-order valence-corrected chi connectivity index (χ3v) is 6.16. The van der Waals surface area contributed by atoms with E-state index in [-0.39, 0.29) is 5.91 Å². The van der Waals surface area contributed by atoms with Crippen LogP contribution in [0.2, 0.25) is 0 Å². The number of aryl methyl sites for hydroxylation is 1. The highest BCUT2D eigenvalue weighted by atomic mass is 16.5. The van der Waals surface area contributed by atoms with Gasteiger partial charge in [-0.1, -0.05) is 24.3 Å². The molecule has 0 bridgehead atoms. The largest absolute Gasteiger partial charge is 0.496 e. The molecule has 1 saturated heterocycles. The van der Waals surface area contributed by atoms with Gasteiger partial charge in [0.1, 0.15) is 11.5 Å². The minimum absolute atomic E-state index is 0.00756. The first-order valence-corrected chi connectivity index (χ1v) is 11.2. The Kier molecular flexibility index (Phi) is 6.77. The lowest BCUT2D eigenvalue weighted by Gasteiger charge is -2.36. The van der Waals surface area contributed by atoms with Gasteiger partial charge in [-0.3, -0.25) is 4.79 Å². The Hall–Kier alpha value is -3.61. The number of nitrogens with zero attached hydrogens (tertiary/aromatic N) is 4. The molecule has 0 N–H and O–H groups in total. The Labute approximate surface area is 195 Å². The lowest BCUT2D eigenvalue weighted by Crippen LogP contribution is -2.52. The van der Waals surface area contributed by atoms with Gasteiger partial charge >= 0.3 is 0 Å². The van der Waals surface area contributed by atoms with E-state index in [1.54, 1.807) is 7.11 Å². The second kappa shape index (κ2) is 9.90. The van der Waals surface area contributed by atoms with Gasteiger partial charge in [0, 0.05) is 31.7 Å². The van der Waals surface area contributed by atoms with Gasteiger partial charge < -0.3 is 19.3 Å². The standard InChI is InChI=1S/C26H30N4O3/c1-18-8-7-11-23(19(18)2)33-20(3)26(31)30-16-14-29(15-17-30)25-13-12-22(27-28-25)21-9-5-6-10-24(21)32-4/h5-13,20H,14-17H2,1-4H3. The molecule has 4 rings (SSSR count). The van der Waals surface area contributed by atoms with E-state index in [4.69, 9.17) is 9.47 Å². The Balaban J connectivity index is 1.35. The van der Waals surface area contributed by atoms with Crippen LogP contribution < -0.4 is 14.4 Å². The zero-order chi connectivity index (χ0) is 23.4. The quantitative estimate of drug-likeness (QED) is 0.572. The summed E-state index contributed by atoms with van der Waals surface area (Å²) < 4.78 is 11.4. The summed E-state index contributed by atoms with van der Waals surface area (Å²) in [5, 5.41) is 8.83. The smallest absolute Gasteiger partial charge is 0.263 e. The van der Waals surface area contributed by atoms with Crippen molar-refractivity contribution in [1.82, 2.24) is 15.1 Å². The number of hydrogen-bond acceptors (Lipinski definition) is 6. The van der Waals surface area contributed by atoms with Crippen molar-refractivity contribution in [3.05, 3.63) is 65.7 Å². The summed E-state index contributed by atoms with van der Waals surface area (Å²) in [7, 11) is 1.65. The van der Waals surface area contributed by atoms with E-state index in [1.165, 1.54) is 0 Å². The molecule has 1 atom stereocenters. The molecule has 2 heterocycles. The van der Waals surface area contributed by atoms with E-state index in [0.717, 1.165) is 39.7 Å². The summed E-state index contributed by atoms with van der Waals surface area (Å²) in [6, 6.07) is 17.6. The number of benzene rings is 2. The maximum Gasteiger partial charge on any atom is 0.263 e. The number of hydrogen-bond donors (Lipinski definition) is 0. The number of methoxy groups -OCH3 is 1. The summed E-state index contributed by atoms with van der Waals surface area (Å²) in [6.07, 6.45) is -0.531. The van der Waals surface area contributed by atoms with Crippen molar-refractivity contribution >= 4 is 11.7 Å². The number of para-hydroxylation sites is 1. The average molecular weight is 447 g/mol. The molecule has 1 amide bonds. The normalized spacial score (nSPS) is 14.7. The lowest BCUT2D eigenvalue weighted by atomic mass is 10.1. The summed E-state index contributed by atoms with van der Waals surface area (Å²) in [5.74, 6) is 2.34. The fourth-order valence-corrected chi connectivity index (χ4v) is 4.00. The van der Waals surface area contributed by atoms with Crippen LogP contribution in [0.1, 0.15) is 18.1 Å². The summed E-state index contributed by atoms with van der Waals surface area (Å²) in [5.41, 5.74) is 3.89. The van der Waals surface area contributed by atoms with Crippen LogP contribution in [-0.4, -0.2) is 60.4 Å². The SMILES string of the molecule is COc1ccccc1-c1ccc(N2CCN(C(=O)C(C)Oc3cccc(C)c3C)CC2)nn1. The van der Waals surface area contributed by atoms with Crippen LogP contribution in [-0.2, 0) is 4.79 Å². The zero-order valence-corrected chi connectivity index (χ0v) is 19.6. The fourth-order valence-electron chi connectivity index (χ4n) is 4.00. The van der Waals surface area contributed by atoms with Crippen LogP contribution in [0.25, 0.3) is 11.3 Å². The van der Waals surface area contributed by atoms with Crippen molar-refractivity contribution in [1.29, 1.82) is 0 Å². The predicted molar refractivity (Wildman–Crippen MR) is 129 cm³/mol. The Bertz CT molecular complexity index is 1110. The minimum Gasteiger partial charge on any atom is -0.496 e. The second-order valence-electron chi connectivity index (χ2n) is 8.25. The van der Waals surface area contributed by atoms with Gasteiger partial charge in [0.15, 0.2) is 11.9 Å². The van der Waals surface area contributed by atoms with E-state index in [0.29, 0.717) is 26.2 Å². The monoisotopic (exact) mass is 446 g/mol. The van der Waals surface area contributed by atoms with Crippen molar-refractivity contribution in [2.24, 2.45) is 0 Å². The number of carbonyl (C=O) groups excluding carboxylic acids is 1. The van der Waals surface area contributed by atoms with Crippen LogP contribution in [0.15, 0.2) is 54.6 Å². The first-order chi connectivity index (χ1) is 16.0. The van der Waals surface area contributed by atoms with E-state index < -0.39 is 6.10 Å². The van der Waals surface area contributed by atoms with Crippen LogP contribution >= 0.6 is 0 Å². The molecule has 0 aliphatic carbocycles. The maximum atomic E-state index is 12.9. The molecule has 0 spiro atoms. The third kappa shape index (κ3) is 4.92. The van der Waals surface area contributed by atoms with Crippen molar-refractivity contribution in [3.63, 3.8) is 0 Å². The van der Waals surface area contributed by atoms with Gasteiger partial charge in [-0.05, 0) is 62.2 Å². The number of piperazine rings is 1. The van der Waals surface area contributed by atoms with E-state index >= 15 is 0 Å². The molecule has 1 aromatic heterocycles. The fraction of sp³-hybridized carbons (Fsp3) is 0.346. The molecule has 1 aliphatic heterocycles. The van der Waals surface area contributed by atoms with Crippen molar-refractivity contribution < 1.29 is 14.3 Å². The molecule has 0 saturated carbocycles. The highest BCUT2D eigenvalue weighted by Crippen LogP contribution is 2.28. The van der Waals surface area contributed by atoms with Gasteiger partial charge in [-0.2, -0.15) is 0 Å². The number of amides is 1. The van der Waals surface area contributed by atoms with E-state index in [2.05, 4.69) is 15.1 Å². The molecule has 7 heteroatoms. The second-order valence-corrected chi connectivity index (χ2v) is 8.25. The highest BCUT2D eigenvalue weighted by Gasteiger charge is 2.27. The highest BCUT2D eigenvalue weighted by molar-refractivity contribution is 5.81. The Morgan fingerprint density at radius 3 is 2.33 bits per heavy atom. The minimum atomic E-state index is -0.531. The van der Waals surface area contributed by atoms with Crippen molar-refractivity contribution in [2.45, 2.75) is 26.9 Å². The number of aromatic nitrogens is 2. The van der Waals surface area contributed by atoms with Crippen molar-refractivity contribution in [3.8, 4) is 22.8 Å². The molecule has 0 radical (unpaired) electrons. The predicted octanol–water partition coefficient (Wildman–Crippen LogP) is 3.89. The molecule has 172 valence electrons. The molecule has 1 unspecified atom stereocenters. The number of carbonyl (C=O) groups is 1. The first-order valence-electron chi connectivity index (χ1n) is 11.2. The summed E-state index contributed by atoms with van der Waals surface area (Å²) in [6.45, 7) is 8.51. The third-order valence-electron chi connectivity index (χ3n) is 6.16. The van der Waals surface area contributed by atoms with E-state index in [1.807, 2.05) is 80.3 Å². The molecular formula is C26H30N4O3. The maximum absolute atomic E-state index is 12.9.